The van der Waals surface area contributed by atoms with Gasteiger partial charge in [0.1, 0.15) is 36.1 Å². The van der Waals surface area contributed by atoms with Crippen molar-refractivity contribution in [1.29, 1.82) is 0 Å². The van der Waals surface area contributed by atoms with Crippen LogP contribution in [0.25, 0.3) is 0 Å². The molecule has 4 aliphatic rings. The van der Waals surface area contributed by atoms with E-state index >= 15 is 0 Å². The van der Waals surface area contributed by atoms with Crippen molar-refractivity contribution in [1.82, 2.24) is 0 Å². The van der Waals surface area contributed by atoms with Crippen LogP contribution in [0.1, 0.15) is 19.3 Å². The lowest BCUT2D eigenvalue weighted by Gasteiger charge is -2.44. The Labute approximate surface area is 206 Å². The molecular formula is C21H37NO14. The third kappa shape index (κ3) is 5.70. The van der Waals surface area contributed by atoms with Gasteiger partial charge in [-0.3, -0.25) is 0 Å². The molecule has 10 N–H and O–H groups in total. The molecule has 15 nitrogen and oxygen atoms in total. The highest BCUT2D eigenvalue weighted by atomic mass is 16.7. The van der Waals surface area contributed by atoms with Crippen LogP contribution >= 0.6 is 0 Å². The van der Waals surface area contributed by atoms with Crippen LogP contribution in [-0.4, -0.2) is 153 Å². The van der Waals surface area contributed by atoms with Gasteiger partial charge in [-0.25, -0.2) is 0 Å². The minimum absolute atomic E-state index is 0.00210. The van der Waals surface area contributed by atoms with Crippen LogP contribution in [0, 0.1) is 0 Å². The predicted molar refractivity (Wildman–Crippen MR) is 114 cm³/mol. The maximum atomic E-state index is 10.7. The van der Waals surface area contributed by atoms with E-state index in [1.54, 1.807) is 0 Å². The van der Waals surface area contributed by atoms with Gasteiger partial charge in [-0.05, 0) is 0 Å². The Kier molecular flexibility index (Phi) is 9.19. The summed E-state index contributed by atoms with van der Waals surface area (Å²) in [5.41, 5.74) is 4.05. The van der Waals surface area contributed by atoms with E-state index in [0.717, 1.165) is 0 Å². The van der Waals surface area contributed by atoms with Gasteiger partial charge in [-0.1, -0.05) is 0 Å². The molecule has 0 aromatic carbocycles. The molecule has 1 saturated carbocycles. The topological polar surface area (TPSA) is 243 Å². The highest BCUT2D eigenvalue weighted by molar-refractivity contribution is 5.16. The molecule has 3 aliphatic heterocycles. The van der Waals surface area contributed by atoms with Crippen LogP contribution in [0.2, 0.25) is 0 Å². The Bertz CT molecular complexity index is 720. The maximum Gasteiger partial charge on any atom is 0.187 e. The van der Waals surface area contributed by atoms with Gasteiger partial charge in [0.2, 0.25) is 0 Å². The molecule has 210 valence electrons. The van der Waals surface area contributed by atoms with E-state index in [1.165, 1.54) is 0 Å². The van der Waals surface area contributed by atoms with Crippen molar-refractivity contribution in [2.24, 2.45) is 5.73 Å². The Morgan fingerprint density at radius 1 is 0.806 bits per heavy atom. The summed E-state index contributed by atoms with van der Waals surface area (Å²) in [6.45, 7) is -0.452. The minimum atomic E-state index is -1.61. The van der Waals surface area contributed by atoms with E-state index in [1.807, 2.05) is 0 Å². The van der Waals surface area contributed by atoms with E-state index in [2.05, 4.69) is 0 Å². The fourth-order valence-electron chi connectivity index (χ4n) is 4.80. The lowest BCUT2D eigenvalue weighted by Crippen LogP contribution is -2.61. The largest absolute Gasteiger partial charge is 0.394 e. The minimum Gasteiger partial charge on any atom is -0.394 e. The second-order valence-corrected chi connectivity index (χ2v) is 9.71. The van der Waals surface area contributed by atoms with Crippen LogP contribution in [0.15, 0.2) is 0 Å². The number of ether oxygens (including phenoxy) is 6. The number of hydrogen-bond acceptors (Lipinski definition) is 15. The number of hydrogen-bond donors (Lipinski definition) is 9. The lowest BCUT2D eigenvalue weighted by molar-refractivity contribution is -0.342. The number of nitrogens with two attached hydrogens (primary N) is 1. The summed E-state index contributed by atoms with van der Waals surface area (Å²) < 4.78 is 33.7. The average Bonchev–Trinajstić information content (AvgIpc) is 3.52. The van der Waals surface area contributed by atoms with Gasteiger partial charge in [0, 0.05) is 25.8 Å². The smallest absolute Gasteiger partial charge is 0.187 e. The summed E-state index contributed by atoms with van der Waals surface area (Å²) in [6.07, 6.45) is -16.2. The second-order valence-electron chi connectivity index (χ2n) is 9.71. The van der Waals surface area contributed by atoms with Crippen LogP contribution in [0.3, 0.4) is 0 Å². The molecule has 1 aliphatic carbocycles. The van der Waals surface area contributed by atoms with E-state index in [9.17, 15) is 40.9 Å². The summed E-state index contributed by atoms with van der Waals surface area (Å²) in [4.78, 5) is 0. The molecule has 1 spiro atoms. The molecule has 36 heavy (non-hydrogen) atoms. The third-order valence-electron chi connectivity index (χ3n) is 7.05. The van der Waals surface area contributed by atoms with Crippen LogP contribution in [0.5, 0.6) is 0 Å². The predicted octanol–water partition coefficient (Wildman–Crippen LogP) is -5.39. The van der Waals surface area contributed by atoms with Crippen LogP contribution in [0.4, 0.5) is 0 Å². The molecule has 2 unspecified atom stereocenters. The molecule has 0 bridgehead atoms. The van der Waals surface area contributed by atoms with Crippen molar-refractivity contribution >= 4 is 0 Å². The normalized spacial score (nSPS) is 51.4. The van der Waals surface area contributed by atoms with Gasteiger partial charge in [0.05, 0.1) is 50.3 Å². The summed E-state index contributed by atoms with van der Waals surface area (Å²) >= 11 is 0. The zero-order valence-corrected chi connectivity index (χ0v) is 19.6. The van der Waals surface area contributed by atoms with Gasteiger partial charge in [-0.2, -0.15) is 0 Å². The zero-order valence-electron chi connectivity index (χ0n) is 19.6. The highest BCUT2D eigenvalue weighted by Crippen LogP contribution is 2.48. The molecule has 3 saturated heterocycles. The number of aliphatic hydroxyl groups is 8. The molecular weight excluding hydrogens is 490 g/mol. The summed E-state index contributed by atoms with van der Waals surface area (Å²) in [7, 11) is 0. The fraction of sp³-hybridized carbons (Fsp3) is 1.00. The first-order valence-corrected chi connectivity index (χ1v) is 12.1. The van der Waals surface area contributed by atoms with Gasteiger partial charge in [0.25, 0.3) is 0 Å². The standard InChI is InChI=1S/C21H37NO14/c22-1-2-31-18-14(27)11(35-20-13(26)10(24)3-8(6-23)33-20)4-9(34-18)7-32-19-16(29)15(28)17(30)21(36-19)5-12(21)25/h8-20,23-30H,1-7,22H2/t8-,9-,10-,11-,12?,13-,14-,15+,16-,17-,18-,19-,20+,21?/m0/s1. The van der Waals surface area contributed by atoms with E-state index < -0.39 is 92.1 Å². The molecule has 14 atom stereocenters. The first-order valence-electron chi connectivity index (χ1n) is 12.1. The molecule has 0 aromatic heterocycles. The first kappa shape index (κ1) is 28.4. The second kappa shape index (κ2) is 11.6. The average molecular weight is 528 g/mol. The van der Waals surface area contributed by atoms with E-state index in [4.69, 9.17) is 34.2 Å². The monoisotopic (exact) mass is 527 g/mol. The van der Waals surface area contributed by atoms with Crippen LogP contribution in [-0.2, 0) is 28.4 Å². The zero-order chi connectivity index (χ0) is 26.2. The summed E-state index contributed by atoms with van der Waals surface area (Å²) in [5, 5.41) is 81.0. The van der Waals surface area contributed by atoms with Crippen molar-refractivity contribution in [2.75, 3.05) is 26.4 Å². The Morgan fingerprint density at radius 2 is 1.50 bits per heavy atom. The van der Waals surface area contributed by atoms with Crippen molar-refractivity contribution < 1.29 is 69.3 Å². The molecule has 15 heteroatoms. The SMILES string of the molecule is NCCO[C@H]1O[C@H](CO[C@H]2OC3(CC3O)[C@@H](O)[C@H](O)[C@@H]2O)C[C@H](O[C@H]2O[C@H](CO)C[C@H](O)[C@@H]2O)[C@@H]1O. The van der Waals surface area contributed by atoms with Crippen molar-refractivity contribution in [3.8, 4) is 0 Å². The molecule has 0 aromatic rings. The van der Waals surface area contributed by atoms with Gasteiger partial charge >= 0.3 is 0 Å². The van der Waals surface area contributed by atoms with Gasteiger partial charge in [0.15, 0.2) is 18.9 Å². The van der Waals surface area contributed by atoms with Gasteiger partial charge < -0.3 is 75.0 Å². The molecule has 0 amide bonds. The van der Waals surface area contributed by atoms with Crippen molar-refractivity contribution in [3.05, 3.63) is 0 Å². The highest BCUT2D eigenvalue weighted by Gasteiger charge is 2.67. The number of rotatable bonds is 9. The van der Waals surface area contributed by atoms with Crippen molar-refractivity contribution in [2.45, 2.75) is 105 Å². The molecule has 0 radical (unpaired) electrons. The summed E-state index contributed by atoms with van der Waals surface area (Å²) in [6, 6.07) is 0. The van der Waals surface area contributed by atoms with E-state index in [0.29, 0.717) is 0 Å². The maximum absolute atomic E-state index is 10.7. The Balaban J connectivity index is 1.40. The molecule has 4 fully saturated rings. The fourth-order valence-corrected chi connectivity index (χ4v) is 4.80. The number of aliphatic hydroxyl groups excluding tert-OH is 8. The van der Waals surface area contributed by atoms with Crippen LogP contribution < -0.4 is 5.73 Å². The molecule has 3 heterocycles. The van der Waals surface area contributed by atoms with Crippen molar-refractivity contribution in [3.63, 3.8) is 0 Å². The van der Waals surface area contributed by atoms with E-state index in [-0.39, 0.29) is 39.0 Å². The first-order chi connectivity index (χ1) is 17.1. The Hall–Kier alpha value is -0.600. The molecule has 4 rings (SSSR count). The Morgan fingerprint density at radius 3 is 2.14 bits per heavy atom. The quantitative estimate of drug-likeness (QED) is 0.136. The summed E-state index contributed by atoms with van der Waals surface area (Å²) in [5.74, 6) is 0. The van der Waals surface area contributed by atoms with Gasteiger partial charge in [-0.15, -0.1) is 0 Å². The lowest BCUT2D eigenvalue weighted by atomic mass is 9.97. The third-order valence-corrected chi connectivity index (χ3v) is 7.05.